The van der Waals surface area contributed by atoms with Crippen LogP contribution in [0.4, 0.5) is 0 Å². The van der Waals surface area contributed by atoms with Gasteiger partial charge in [0, 0.05) is 0 Å². The van der Waals surface area contributed by atoms with Gasteiger partial charge in [-0.25, -0.2) is 9.05 Å². The summed E-state index contributed by atoms with van der Waals surface area (Å²) >= 11 is 0. The Labute approximate surface area is 58.1 Å². The van der Waals surface area contributed by atoms with Crippen molar-refractivity contribution in [2.45, 2.75) is 12.3 Å². The molecule has 0 saturated carbocycles. The van der Waals surface area contributed by atoms with Crippen molar-refractivity contribution in [1.82, 2.24) is 0 Å². The van der Waals surface area contributed by atoms with Gasteiger partial charge < -0.3 is 9.47 Å². The standard InChI is InChI=1S/C4H5O5P/c1-2-6-4-3(5-1)7-10(8-4)9-4/h3H,1-2H2. The normalized spacial score (nSPS) is 57.6. The third-order valence-corrected chi connectivity index (χ3v) is 2.70. The second-order valence-corrected chi connectivity index (χ2v) is 3.19. The molecule has 0 radical (unpaired) electrons. The first-order chi connectivity index (χ1) is 4.89. The Kier molecular flexibility index (Phi) is 0.985. The molecule has 0 aliphatic carbocycles. The van der Waals surface area contributed by atoms with E-state index in [4.69, 9.17) is 23.0 Å². The van der Waals surface area contributed by atoms with Crippen molar-refractivity contribution in [2.24, 2.45) is 0 Å². The minimum Gasteiger partial charge on any atom is -0.343 e. The third-order valence-electron chi connectivity index (χ3n) is 1.53. The predicted octanol–water partition coefficient (Wildman–Crippen LogP) is 0.317. The van der Waals surface area contributed by atoms with Gasteiger partial charge in [0.25, 0.3) is 0 Å². The van der Waals surface area contributed by atoms with Gasteiger partial charge in [-0.2, -0.15) is 0 Å². The maximum absolute atomic E-state index is 5.18. The van der Waals surface area contributed by atoms with Crippen molar-refractivity contribution >= 4 is 8.60 Å². The highest BCUT2D eigenvalue weighted by molar-refractivity contribution is 7.43. The average molecular weight is 164 g/mol. The van der Waals surface area contributed by atoms with E-state index < -0.39 is 20.9 Å². The zero-order valence-corrected chi connectivity index (χ0v) is 5.87. The predicted molar refractivity (Wildman–Crippen MR) is 28.6 cm³/mol. The van der Waals surface area contributed by atoms with Crippen LogP contribution in [0.2, 0.25) is 0 Å². The van der Waals surface area contributed by atoms with E-state index in [9.17, 15) is 0 Å². The smallest absolute Gasteiger partial charge is 0.343 e. The Balaban J connectivity index is 1.90. The lowest BCUT2D eigenvalue weighted by Crippen LogP contribution is -2.51. The second-order valence-electron chi connectivity index (χ2n) is 2.17. The SMILES string of the molecule is C1COC23OP(OC2O1)O3. The highest BCUT2D eigenvalue weighted by Crippen LogP contribution is 2.69. The van der Waals surface area contributed by atoms with Crippen molar-refractivity contribution in [3.63, 3.8) is 0 Å². The zero-order valence-electron chi connectivity index (χ0n) is 4.98. The molecule has 4 aliphatic heterocycles. The van der Waals surface area contributed by atoms with Crippen LogP contribution < -0.4 is 0 Å². The summed E-state index contributed by atoms with van der Waals surface area (Å²) in [5.41, 5.74) is 0. The van der Waals surface area contributed by atoms with Gasteiger partial charge in [-0.1, -0.05) is 0 Å². The topological polar surface area (TPSA) is 46.2 Å². The van der Waals surface area contributed by atoms with Crippen LogP contribution in [-0.2, 0) is 23.0 Å². The van der Waals surface area contributed by atoms with E-state index in [1.165, 1.54) is 0 Å². The minimum atomic E-state index is -1.13. The molecule has 10 heavy (non-hydrogen) atoms. The lowest BCUT2D eigenvalue weighted by atomic mass is 10.5. The van der Waals surface area contributed by atoms with Crippen LogP contribution in [0.1, 0.15) is 0 Å². The molecule has 4 aliphatic rings. The summed E-state index contributed by atoms with van der Waals surface area (Å²) in [6, 6.07) is 0. The summed E-state index contributed by atoms with van der Waals surface area (Å²) in [4.78, 5) is 0. The van der Waals surface area contributed by atoms with E-state index in [0.717, 1.165) is 0 Å². The molecule has 0 aromatic rings. The van der Waals surface area contributed by atoms with Crippen LogP contribution in [0, 0.1) is 0 Å². The summed E-state index contributed by atoms with van der Waals surface area (Å²) < 4.78 is 25.7. The summed E-state index contributed by atoms with van der Waals surface area (Å²) in [6.07, 6.45) is -0.452. The molecule has 1 spiro atoms. The third kappa shape index (κ3) is 0.540. The molecule has 0 aromatic carbocycles. The highest BCUT2D eigenvalue weighted by Gasteiger charge is 2.68. The molecule has 4 heterocycles. The molecular formula is C4H5O5P. The lowest BCUT2D eigenvalue weighted by Gasteiger charge is -2.36. The van der Waals surface area contributed by atoms with Gasteiger partial charge in [-0.3, -0.25) is 4.52 Å². The van der Waals surface area contributed by atoms with E-state index in [0.29, 0.717) is 13.2 Å². The number of hydrogen-bond acceptors (Lipinski definition) is 5. The summed E-state index contributed by atoms with van der Waals surface area (Å²) in [6.45, 7) is 1.05. The lowest BCUT2D eigenvalue weighted by molar-refractivity contribution is -0.403. The van der Waals surface area contributed by atoms with Gasteiger partial charge in [-0.05, 0) is 0 Å². The first kappa shape index (κ1) is 5.83. The van der Waals surface area contributed by atoms with Gasteiger partial charge >= 0.3 is 14.6 Å². The Morgan fingerprint density at radius 1 is 1.30 bits per heavy atom. The quantitative estimate of drug-likeness (QED) is 0.482. The van der Waals surface area contributed by atoms with Crippen LogP contribution in [0.3, 0.4) is 0 Å². The van der Waals surface area contributed by atoms with Gasteiger partial charge in [0.05, 0.1) is 13.2 Å². The fourth-order valence-electron chi connectivity index (χ4n) is 1.08. The average Bonchev–Trinajstić information content (AvgIpc) is 2.37. The first-order valence-corrected chi connectivity index (χ1v) is 4.09. The highest BCUT2D eigenvalue weighted by atomic mass is 31.2. The van der Waals surface area contributed by atoms with Crippen LogP contribution in [-0.4, -0.2) is 25.5 Å². The van der Waals surface area contributed by atoms with Gasteiger partial charge in [0.15, 0.2) is 0 Å². The molecule has 1 atom stereocenters. The van der Waals surface area contributed by atoms with Crippen molar-refractivity contribution in [3.05, 3.63) is 0 Å². The van der Waals surface area contributed by atoms with Crippen LogP contribution in [0.5, 0.6) is 0 Å². The molecule has 0 aromatic heterocycles. The van der Waals surface area contributed by atoms with Gasteiger partial charge in [0.1, 0.15) is 0 Å². The van der Waals surface area contributed by atoms with Crippen LogP contribution in [0.15, 0.2) is 0 Å². The van der Waals surface area contributed by atoms with E-state index in [2.05, 4.69) is 0 Å². The fourth-order valence-corrected chi connectivity index (χ4v) is 2.22. The Hall–Kier alpha value is 0.230. The second kappa shape index (κ2) is 1.69. The number of hydrogen-bond donors (Lipinski definition) is 0. The van der Waals surface area contributed by atoms with E-state index in [1.807, 2.05) is 0 Å². The molecule has 4 rings (SSSR count). The van der Waals surface area contributed by atoms with E-state index in [1.54, 1.807) is 0 Å². The maximum Gasteiger partial charge on any atom is 0.351 e. The summed E-state index contributed by atoms with van der Waals surface area (Å²) in [7, 11) is -1.13. The van der Waals surface area contributed by atoms with Crippen molar-refractivity contribution in [3.8, 4) is 0 Å². The summed E-state index contributed by atoms with van der Waals surface area (Å²) in [5, 5.41) is 0. The Morgan fingerprint density at radius 2 is 2.20 bits per heavy atom. The Morgan fingerprint density at radius 3 is 3.00 bits per heavy atom. The molecule has 56 valence electrons. The van der Waals surface area contributed by atoms with Crippen LogP contribution in [0.25, 0.3) is 0 Å². The summed E-state index contributed by atoms with van der Waals surface area (Å²) in [5.74, 6) is -0.982. The van der Waals surface area contributed by atoms with E-state index >= 15 is 0 Å². The zero-order chi connectivity index (χ0) is 6.60. The van der Waals surface area contributed by atoms with Crippen molar-refractivity contribution in [2.75, 3.05) is 13.2 Å². The number of ether oxygens (including phenoxy) is 2. The van der Waals surface area contributed by atoms with Gasteiger partial charge in [0.2, 0.25) is 6.29 Å². The number of rotatable bonds is 0. The molecular weight excluding hydrogens is 159 g/mol. The molecule has 0 amide bonds. The Bertz CT molecular complexity index is 164. The first-order valence-electron chi connectivity index (χ1n) is 3.00. The molecule has 5 nitrogen and oxygen atoms in total. The maximum atomic E-state index is 5.18. The molecule has 1 unspecified atom stereocenters. The van der Waals surface area contributed by atoms with Crippen molar-refractivity contribution < 1.29 is 23.0 Å². The van der Waals surface area contributed by atoms with Crippen molar-refractivity contribution in [1.29, 1.82) is 0 Å². The minimum absolute atomic E-state index is 0.452. The molecule has 4 fully saturated rings. The molecule has 2 bridgehead atoms. The van der Waals surface area contributed by atoms with Crippen LogP contribution >= 0.6 is 8.60 Å². The molecule has 4 saturated heterocycles. The van der Waals surface area contributed by atoms with Gasteiger partial charge in [-0.15, -0.1) is 0 Å². The largest absolute Gasteiger partial charge is 0.351 e. The van der Waals surface area contributed by atoms with E-state index in [-0.39, 0.29) is 0 Å². The molecule has 6 heteroatoms. The molecule has 0 N–H and O–H groups in total. The monoisotopic (exact) mass is 164 g/mol. The fraction of sp³-hybridized carbons (Fsp3) is 1.00.